The SMILES string of the molecule is Cn1c(=O)n(C2CCC(=O)NC2=O)c2ccc(CCCN3CCN(c4cnc(-c5ccn6cc(C78CCC(CNC(=O)c9cc(F)c(O)c(F)c9F)(CC7)CC8)nc6c5)cn4)CC3)cc21. The summed E-state index contributed by atoms with van der Waals surface area (Å²) in [7, 11) is 1.71. The Bertz CT molecular complexity index is 2910. The number of pyridine rings is 1. The van der Waals surface area contributed by atoms with E-state index in [9.17, 15) is 37.5 Å². The molecule has 15 nitrogen and oxygen atoms in total. The number of amides is 3. The first-order chi connectivity index (χ1) is 31.3. The molecule has 0 radical (unpaired) electrons. The van der Waals surface area contributed by atoms with Crippen molar-refractivity contribution in [1.29, 1.82) is 0 Å². The number of rotatable bonds is 11. The Balaban J connectivity index is 0.711. The van der Waals surface area contributed by atoms with Crippen molar-refractivity contribution in [2.45, 2.75) is 75.7 Å². The Morgan fingerprint density at radius 3 is 2.42 bits per heavy atom. The number of aryl methyl sites for hydroxylation is 2. The van der Waals surface area contributed by atoms with Gasteiger partial charge in [-0.2, -0.15) is 4.39 Å². The number of benzene rings is 2. The maximum Gasteiger partial charge on any atom is 0.329 e. The molecule has 2 aromatic carbocycles. The summed E-state index contributed by atoms with van der Waals surface area (Å²) in [5.74, 6) is -7.02. The van der Waals surface area contributed by atoms with Crippen LogP contribution in [0, 0.1) is 22.9 Å². The largest absolute Gasteiger partial charge is 0.503 e. The van der Waals surface area contributed by atoms with Crippen LogP contribution < -0.4 is 21.2 Å². The molecule has 3 amide bonds. The van der Waals surface area contributed by atoms with Crippen LogP contribution in [0.1, 0.15) is 85.4 Å². The third-order valence-corrected chi connectivity index (χ3v) is 14.7. The van der Waals surface area contributed by atoms with E-state index < -0.39 is 46.6 Å². The third-order valence-electron chi connectivity index (χ3n) is 14.7. The van der Waals surface area contributed by atoms with Crippen LogP contribution in [0.2, 0.25) is 0 Å². The van der Waals surface area contributed by atoms with Gasteiger partial charge in [-0.25, -0.2) is 23.5 Å². The smallest absolute Gasteiger partial charge is 0.329 e. The first-order valence-corrected chi connectivity index (χ1v) is 22.3. The molecule has 18 heteroatoms. The number of nitrogens with zero attached hydrogens (tertiary/aromatic N) is 8. The van der Waals surface area contributed by atoms with E-state index in [1.165, 1.54) is 4.57 Å². The number of piperidine rings is 1. The monoisotopic (exact) mass is 890 g/mol. The third kappa shape index (κ3) is 7.70. The van der Waals surface area contributed by atoms with Crippen molar-refractivity contribution in [2.75, 3.05) is 44.2 Å². The number of carbonyl (C=O) groups is 3. The van der Waals surface area contributed by atoms with Gasteiger partial charge in [0, 0.05) is 69.6 Å². The number of anilines is 1. The van der Waals surface area contributed by atoms with Gasteiger partial charge in [-0.3, -0.25) is 38.7 Å². The van der Waals surface area contributed by atoms with Crippen LogP contribution in [0.5, 0.6) is 5.75 Å². The molecule has 6 heterocycles. The average Bonchev–Trinajstić information content (AvgIpc) is 3.87. The second-order valence-electron chi connectivity index (χ2n) is 18.3. The van der Waals surface area contributed by atoms with E-state index in [1.807, 2.05) is 53.3 Å². The van der Waals surface area contributed by atoms with Crippen molar-refractivity contribution < 1.29 is 32.7 Å². The lowest BCUT2D eigenvalue weighted by Crippen LogP contribution is -2.49. The predicted octanol–water partition coefficient (Wildman–Crippen LogP) is 5.32. The molecule has 1 atom stereocenters. The molecular formula is C47H49F3N10O5. The molecule has 6 aromatic rings. The summed E-state index contributed by atoms with van der Waals surface area (Å²) in [5, 5.41) is 14.4. The number of nitrogens with one attached hydrogen (secondary N) is 2. The number of hydrogen-bond acceptors (Lipinski definition) is 10. The van der Waals surface area contributed by atoms with Crippen molar-refractivity contribution >= 4 is 40.2 Å². The molecule has 338 valence electrons. The molecule has 3 saturated carbocycles. The predicted molar refractivity (Wildman–Crippen MR) is 234 cm³/mol. The number of phenols is 1. The van der Waals surface area contributed by atoms with E-state index >= 15 is 0 Å². The summed E-state index contributed by atoms with van der Waals surface area (Å²) in [5.41, 5.74) is 4.75. The van der Waals surface area contributed by atoms with Crippen LogP contribution in [0.25, 0.3) is 27.9 Å². The summed E-state index contributed by atoms with van der Waals surface area (Å²) in [6.07, 6.45) is 15.1. The molecule has 3 aliphatic carbocycles. The molecule has 5 aliphatic rings. The minimum atomic E-state index is -1.78. The minimum absolute atomic E-state index is 0.105. The fourth-order valence-electron chi connectivity index (χ4n) is 10.6. The van der Waals surface area contributed by atoms with E-state index in [0.29, 0.717) is 18.0 Å². The van der Waals surface area contributed by atoms with E-state index in [-0.39, 0.29) is 35.4 Å². The topological polar surface area (TPSA) is 172 Å². The summed E-state index contributed by atoms with van der Waals surface area (Å²) in [6.45, 7) is 4.66. The van der Waals surface area contributed by atoms with E-state index in [2.05, 4.69) is 26.6 Å². The number of imide groups is 1. The van der Waals surface area contributed by atoms with Gasteiger partial charge in [0.2, 0.25) is 17.6 Å². The first kappa shape index (κ1) is 42.4. The highest BCUT2D eigenvalue weighted by Crippen LogP contribution is 2.57. The van der Waals surface area contributed by atoms with E-state index in [4.69, 9.17) is 15.0 Å². The molecule has 2 aliphatic heterocycles. The fraction of sp³-hybridized carbons (Fsp3) is 0.426. The Hall–Kier alpha value is -6.56. The molecule has 2 saturated heterocycles. The van der Waals surface area contributed by atoms with Gasteiger partial charge in [0.25, 0.3) is 5.91 Å². The van der Waals surface area contributed by atoms with Gasteiger partial charge in [0.1, 0.15) is 17.5 Å². The van der Waals surface area contributed by atoms with Crippen LogP contribution in [0.15, 0.2) is 66.0 Å². The number of imidazole rings is 2. The number of hydrogen-bond donors (Lipinski definition) is 3. The van der Waals surface area contributed by atoms with Crippen molar-refractivity contribution in [2.24, 2.45) is 12.5 Å². The van der Waals surface area contributed by atoms with Crippen LogP contribution in [-0.2, 0) is 28.5 Å². The quantitative estimate of drug-likeness (QED) is 0.114. The highest BCUT2D eigenvalue weighted by atomic mass is 19.2. The molecule has 2 bridgehead atoms. The van der Waals surface area contributed by atoms with Crippen LogP contribution in [0.4, 0.5) is 19.0 Å². The molecule has 65 heavy (non-hydrogen) atoms. The van der Waals surface area contributed by atoms with Crippen molar-refractivity contribution in [3.8, 4) is 17.0 Å². The Labute approximate surface area is 371 Å². The number of phenolic OH excluding ortho intramolecular Hbond substituents is 1. The molecule has 5 fully saturated rings. The van der Waals surface area contributed by atoms with Gasteiger partial charge in [0.05, 0.1) is 40.4 Å². The van der Waals surface area contributed by atoms with Gasteiger partial charge in [-0.1, -0.05) is 6.07 Å². The van der Waals surface area contributed by atoms with Crippen LogP contribution in [-0.4, -0.2) is 95.5 Å². The lowest BCUT2D eigenvalue weighted by atomic mass is 9.53. The zero-order valence-corrected chi connectivity index (χ0v) is 36.0. The number of halogens is 3. The zero-order valence-electron chi connectivity index (χ0n) is 36.0. The van der Waals surface area contributed by atoms with Gasteiger partial charge < -0.3 is 19.7 Å². The summed E-state index contributed by atoms with van der Waals surface area (Å²) in [6, 6.07) is 9.82. The molecule has 11 rings (SSSR count). The maximum atomic E-state index is 14.3. The van der Waals surface area contributed by atoms with Crippen molar-refractivity contribution in [3.05, 3.63) is 106 Å². The van der Waals surface area contributed by atoms with Gasteiger partial charge in [0.15, 0.2) is 17.4 Å². The van der Waals surface area contributed by atoms with E-state index in [0.717, 1.165) is 124 Å². The second-order valence-corrected chi connectivity index (χ2v) is 18.3. The minimum Gasteiger partial charge on any atom is -0.503 e. The number of aromatic nitrogens is 6. The lowest BCUT2D eigenvalue weighted by molar-refractivity contribution is -0.135. The van der Waals surface area contributed by atoms with Gasteiger partial charge in [-0.05, 0) is 106 Å². The van der Waals surface area contributed by atoms with Gasteiger partial charge >= 0.3 is 5.69 Å². The fourth-order valence-corrected chi connectivity index (χ4v) is 10.6. The maximum absolute atomic E-state index is 14.3. The summed E-state index contributed by atoms with van der Waals surface area (Å²) in [4.78, 5) is 69.5. The molecule has 0 spiro atoms. The second kappa shape index (κ2) is 16.5. The molecule has 4 aromatic heterocycles. The molecule has 3 N–H and O–H groups in total. The number of piperazine rings is 1. The Kier molecular flexibility index (Phi) is 10.7. The Morgan fingerprint density at radius 1 is 0.923 bits per heavy atom. The standard InChI is InChI=1S/C47H49F3N10O5/c1-56-35-21-28(4-5-33(35)60(45(56)65)34-6-7-39(61)55-44(34)64)3-2-15-57-17-19-58(20-18-57)38-25-51-32(24-52-38)29-8-16-59-26-36(54-37(59)22-29)47-12-9-46(10-13-47,11-14-47)27-53-43(63)30-23-31(48)42(62)41(50)40(30)49/h4-5,8,16,21-26,34,62H,2-3,6-7,9-15,17-20,27H2,1H3,(H,53,63)(H,55,61,64). The number of carbonyl (C=O) groups excluding carboxylic acids is 3. The Morgan fingerprint density at radius 2 is 1.69 bits per heavy atom. The number of fused-ring (bicyclic) bond motifs is 5. The van der Waals surface area contributed by atoms with Crippen molar-refractivity contribution in [1.82, 2.24) is 44.0 Å². The summed E-state index contributed by atoms with van der Waals surface area (Å²) < 4.78 is 47.2. The molecule has 1 unspecified atom stereocenters. The molecular weight excluding hydrogens is 842 g/mol. The first-order valence-electron chi connectivity index (χ1n) is 22.3. The summed E-state index contributed by atoms with van der Waals surface area (Å²) >= 11 is 0. The highest BCUT2D eigenvalue weighted by Gasteiger charge is 2.50. The van der Waals surface area contributed by atoms with E-state index in [1.54, 1.807) is 11.6 Å². The lowest BCUT2D eigenvalue weighted by Gasteiger charge is -2.53. The van der Waals surface area contributed by atoms with Gasteiger partial charge in [-0.15, -0.1) is 0 Å². The zero-order chi connectivity index (χ0) is 45.2. The van der Waals surface area contributed by atoms with Crippen LogP contribution in [0.3, 0.4) is 0 Å². The number of aromatic hydroxyl groups is 1. The highest BCUT2D eigenvalue weighted by molar-refractivity contribution is 6.00. The van der Waals surface area contributed by atoms with Crippen molar-refractivity contribution in [3.63, 3.8) is 0 Å². The average molecular weight is 891 g/mol. The van der Waals surface area contributed by atoms with Crippen LogP contribution >= 0.6 is 0 Å². The normalized spacial score (nSPS) is 22.5.